The summed E-state index contributed by atoms with van der Waals surface area (Å²) in [6.45, 7) is 9.21. The van der Waals surface area contributed by atoms with Gasteiger partial charge in [0.25, 0.3) is 0 Å². The quantitative estimate of drug-likeness (QED) is 0.577. The van der Waals surface area contributed by atoms with E-state index in [4.69, 9.17) is 9.47 Å². The second kappa shape index (κ2) is 7.68. The van der Waals surface area contributed by atoms with E-state index in [9.17, 15) is 14.4 Å². The number of amides is 1. The van der Waals surface area contributed by atoms with E-state index in [2.05, 4.69) is 4.74 Å². The van der Waals surface area contributed by atoms with Crippen LogP contribution in [0.25, 0.3) is 0 Å². The van der Waals surface area contributed by atoms with Crippen LogP contribution in [-0.4, -0.2) is 48.6 Å². The first kappa shape index (κ1) is 20.0. The van der Waals surface area contributed by atoms with Crippen LogP contribution in [-0.2, 0) is 23.8 Å². The van der Waals surface area contributed by atoms with Gasteiger partial charge in [-0.3, -0.25) is 4.79 Å². The third-order valence-corrected chi connectivity index (χ3v) is 3.41. The van der Waals surface area contributed by atoms with Crippen LogP contribution in [0.1, 0.15) is 47.5 Å². The zero-order valence-corrected chi connectivity index (χ0v) is 15.5. The maximum absolute atomic E-state index is 12.7. The van der Waals surface area contributed by atoms with Gasteiger partial charge >= 0.3 is 12.1 Å². The van der Waals surface area contributed by atoms with Crippen molar-refractivity contribution in [2.75, 3.05) is 14.2 Å². The highest BCUT2D eigenvalue weighted by Gasteiger charge is 2.43. The number of esters is 1. The Bertz CT molecular complexity index is 544. The lowest BCUT2D eigenvalue weighted by Gasteiger charge is -2.37. The minimum absolute atomic E-state index is 0.0225. The van der Waals surface area contributed by atoms with E-state index >= 15 is 0 Å². The second-order valence-corrected chi connectivity index (χ2v) is 7.14. The van der Waals surface area contributed by atoms with E-state index in [0.717, 1.165) is 0 Å². The van der Waals surface area contributed by atoms with E-state index in [1.807, 2.05) is 13.8 Å². The highest BCUT2D eigenvalue weighted by molar-refractivity contribution is 6.18. The molecule has 0 aromatic heterocycles. The van der Waals surface area contributed by atoms with Crippen LogP contribution in [0.4, 0.5) is 4.79 Å². The van der Waals surface area contributed by atoms with Gasteiger partial charge in [0.15, 0.2) is 11.4 Å². The number of nitrogens with zero attached hydrogens (tertiary/aromatic N) is 1. The van der Waals surface area contributed by atoms with E-state index in [1.54, 1.807) is 20.8 Å². The summed E-state index contributed by atoms with van der Waals surface area (Å²) in [5.41, 5.74) is -0.976. The maximum Gasteiger partial charge on any atom is 0.417 e. The number of hydrogen-bond donors (Lipinski definition) is 0. The number of carbonyl (C=O) groups is 3. The van der Waals surface area contributed by atoms with Gasteiger partial charge in [0.05, 0.1) is 20.3 Å². The molecule has 7 nitrogen and oxygen atoms in total. The van der Waals surface area contributed by atoms with Gasteiger partial charge in [-0.2, -0.15) is 0 Å². The van der Waals surface area contributed by atoms with E-state index in [0.29, 0.717) is 6.42 Å². The summed E-state index contributed by atoms with van der Waals surface area (Å²) in [6.07, 6.45) is -0.0556. The molecule has 1 heterocycles. The zero-order valence-electron chi connectivity index (χ0n) is 15.5. The average molecular weight is 341 g/mol. The molecule has 0 aromatic rings. The van der Waals surface area contributed by atoms with Crippen molar-refractivity contribution in [2.45, 2.75) is 59.1 Å². The molecule has 1 aliphatic heterocycles. The molecule has 1 aliphatic rings. The van der Waals surface area contributed by atoms with Gasteiger partial charge in [0.2, 0.25) is 5.88 Å². The first-order valence-electron chi connectivity index (χ1n) is 7.93. The summed E-state index contributed by atoms with van der Waals surface area (Å²) < 4.78 is 15.3. The first-order chi connectivity index (χ1) is 11.0. The van der Waals surface area contributed by atoms with Crippen molar-refractivity contribution in [3.8, 4) is 0 Å². The summed E-state index contributed by atoms with van der Waals surface area (Å²) in [6, 6.07) is -0.435. The van der Waals surface area contributed by atoms with Crippen LogP contribution >= 0.6 is 0 Å². The third-order valence-electron chi connectivity index (χ3n) is 3.41. The highest BCUT2D eigenvalue weighted by Crippen LogP contribution is 2.31. The Morgan fingerprint density at radius 1 is 1.25 bits per heavy atom. The van der Waals surface area contributed by atoms with Crippen molar-refractivity contribution >= 4 is 17.8 Å². The number of methoxy groups -OCH3 is 2. The molecule has 0 N–H and O–H groups in total. The van der Waals surface area contributed by atoms with Crippen molar-refractivity contribution in [3.63, 3.8) is 0 Å². The fourth-order valence-electron chi connectivity index (χ4n) is 2.59. The van der Waals surface area contributed by atoms with Gasteiger partial charge < -0.3 is 14.2 Å². The van der Waals surface area contributed by atoms with Gasteiger partial charge in [-0.15, -0.1) is 0 Å². The number of ketones is 1. The molecule has 136 valence electrons. The molecule has 24 heavy (non-hydrogen) atoms. The molecule has 1 atom stereocenters. The Morgan fingerprint density at radius 2 is 1.83 bits per heavy atom. The zero-order chi connectivity index (χ0) is 18.7. The van der Waals surface area contributed by atoms with Gasteiger partial charge in [-0.25, -0.2) is 14.5 Å². The Balaban J connectivity index is 3.38. The second-order valence-electron chi connectivity index (χ2n) is 7.14. The number of carbonyl (C=O) groups excluding carboxylic acids is 3. The molecule has 0 radical (unpaired) electrons. The van der Waals surface area contributed by atoms with Gasteiger partial charge in [-0.1, -0.05) is 13.8 Å². The lowest BCUT2D eigenvalue weighted by Crippen LogP contribution is -2.49. The minimum Gasteiger partial charge on any atom is -0.481 e. The van der Waals surface area contributed by atoms with Crippen molar-refractivity contribution < 1.29 is 28.6 Å². The molecule has 0 spiro atoms. The molecule has 1 unspecified atom stereocenters. The van der Waals surface area contributed by atoms with Crippen LogP contribution < -0.4 is 0 Å². The predicted octanol–water partition coefficient (Wildman–Crippen LogP) is 2.64. The Labute approximate surface area is 142 Å². The van der Waals surface area contributed by atoms with E-state index < -0.39 is 29.5 Å². The topological polar surface area (TPSA) is 82.1 Å². The number of hydrogen-bond acceptors (Lipinski definition) is 6. The lowest BCUT2D eigenvalue weighted by atomic mass is 9.92. The fourth-order valence-corrected chi connectivity index (χ4v) is 2.59. The van der Waals surface area contributed by atoms with Crippen LogP contribution in [0.15, 0.2) is 11.5 Å². The molecule has 0 saturated heterocycles. The van der Waals surface area contributed by atoms with Gasteiger partial charge in [-0.05, 0) is 33.1 Å². The predicted molar refractivity (Wildman–Crippen MR) is 87.0 cm³/mol. The van der Waals surface area contributed by atoms with Crippen LogP contribution in [0.2, 0.25) is 0 Å². The molecule has 0 saturated carbocycles. The standard InChI is InChI=1S/C17H27NO6/c1-10(2)8-11-9-12(19)13(15(20)23-7)14(22-6)18(11)16(21)24-17(3,4)5/h10-11H,8-9H2,1-7H3. The number of rotatable bonds is 4. The summed E-state index contributed by atoms with van der Waals surface area (Å²) in [5, 5.41) is 0. The van der Waals surface area contributed by atoms with Crippen LogP contribution in [0, 0.1) is 5.92 Å². The van der Waals surface area contributed by atoms with E-state index in [1.165, 1.54) is 19.1 Å². The normalized spacial score (nSPS) is 18.8. The molecule has 0 bridgehead atoms. The molecular formula is C17H27NO6. The molecule has 0 aromatic carbocycles. The van der Waals surface area contributed by atoms with Crippen molar-refractivity contribution in [1.29, 1.82) is 0 Å². The molecule has 0 fully saturated rings. The molecule has 7 heteroatoms. The highest BCUT2D eigenvalue weighted by atomic mass is 16.6. The van der Waals surface area contributed by atoms with Crippen molar-refractivity contribution in [3.05, 3.63) is 11.5 Å². The minimum atomic E-state index is -0.826. The SMILES string of the molecule is COC(=O)C1=C(OC)N(C(=O)OC(C)(C)C)C(CC(C)C)CC1=O. The molecule has 1 amide bonds. The summed E-state index contributed by atoms with van der Waals surface area (Å²) in [7, 11) is 2.48. The van der Waals surface area contributed by atoms with Crippen LogP contribution in [0.5, 0.6) is 0 Å². The van der Waals surface area contributed by atoms with E-state index in [-0.39, 0.29) is 23.8 Å². The van der Waals surface area contributed by atoms with Crippen molar-refractivity contribution in [2.24, 2.45) is 5.92 Å². The Morgan fingerprint density at radius 3 is 2.25 bits per heavy atom. The smallest absolute Gasteiger partial charge is 0.417 e. The summed E-state index contributed by atoms with van der Waals surface area (Å²) in [5.74, 6) is -1.10. The largest absolute Gasteiger partial charge is 0.481 e. The number of ether oxygens (including phenoxy) is 3. The molecule has 1 rings (SSSR count). The Kier molecular flexibility index (Phi) is 6.40. The monoisotopic (exact) mass is 341 g/mol. The third kappa shape index (κ3) is 4.72. The van der Waals surface area contributed by atoms with Gasteiger partial charge in [0.1, 0.15) is 5.60 Å². The lowest BCUT2D eigenvalue weighted by molar-refractivity contribution is -0.139. The Hall–Kier alpha value is -2.05. The average Bonchev–Trinajstić information content (AvgIpc) is 2.42. The van der Waals surface area contributed by atoms with Crippen molar-refractivity contribution in [1.82, 2.24) is 4.90 Å². The first-order valence-corrected chi connectivity index (χ1v) is 7.93. The molecule has 0 aliphatic carbocycles. The summed E-state index contributed by atoms with van der Waals surface area (Å²) >= 11 is 0. The molecular weight excluding hydrogens is 314 g/mol. The van der Waals surface area contributed by atoms with Gasteiger partial charge in [0, 0.05) is 6.42 Å². The fraction of sp³-hybridized carbons (Fsp3) is 0.706. The van der Waals surface area contributed by atoms with Crippen LogP contribution in [0.3, 0.4) is 0 Å². The maximum atomic E-state index is 12.7. The summed E-state index contributed by atoms with van der Waals surface area (Å²) in [4.78, 5) is 38.3. The number of Topliss-reactive ketones (excluding diaryl/α,β-unsaturated/α-hetero) is 1.